The second kappa shape index (κ2) is 5.29. The molecule has 84 valence electrons. The first-order valence-electron chi connectivity index (χ1n) is 4.73. The van der Waals surface area contributed by atoms with Crippen LogP contribution in [0.25, 0.3) is 9.75 Å². The molecular formula is C11H9IO2S2. The van der Waals surface area contributed by atoms with E-state index in [2.05, 4.69) is 34.7 Å². The summed E-state index contributed by atoms with van der Waals surface area (Å²) in [5, 5.41) is 0. The molecule has 0 fully saturated rings. The summed E-state index contributed by atoms with van der Waals surface area (Å²) in [5.74, 6) is -0.231. The summed E-state index contributed by atoms with van der Waals surface area (Å²) < 4.78 is 6.20. The van der Waals surface area contributed by atoms with Gasteiger partial charge in [0.15, 0.2) is 0 Å². The highest BCUT2D eigenvalue weighted by Crippen LogP contribution is 2.34. The highest BCUT2D eigenvalue weighted by molar-refractivity contribution is 14.1. The smallest absolute Gasteiger partial charge is 0.348 e. The molecule has 0 aromatic carbocycles. The van der Waals surface area contributed by atoms with Gasteiger partial charge in [0.05, 0.1) is 9.49 Å². The van der Waals surface area contributed by atoms with Gasteiger partial charge in [-0.15, -0.1) is 22.7 Å². The number of hydrogen-bond donors (Lipinski definition) is 0. The molecule has 2 nitrogen and oxygen atoms in total. The van der Waals surface area contributed by atoms with Gasteiger partial charge in [0, 0.05) is 9.75 Å². The lowest BCUT2D eigenvalue weighted by Gasteiger charge is -1.96. The number of hydrogen-bond acceptors (Lipinski definition) is 4. The Bertz CT molecular complexity index is 502. The number of rotatable bonds is 3. The molecule has 0 spiro atoms. The molecule has 0 bridgehead atoms. The van der Waals surface area contributed by atoms with E-state index in [-0.39, 0.29) is 5.97 Å². The standard InChI is InChI=1S/C11H9IO2S2/c1-2-14-11(13)9-4-3-7(15-9)8-5-6-10(12)16-8/h3-6H,2H2,1H3. The fourth-order valence-corrected chi connectivity index (χ4v) is 3.84. The first kappa shape index (κ1) is 12.1. The van der Waals surface area contributed by atoms with Crippen LogP contribution in [0.3, 0.4) is 0 Å². The van der Waals surface area contributed by atoms with E-state index in [9.17, 15) is 4.79 Å². The molecule has 0 aliphatic carbocycles. The van der Waals surface area contributed by atoms with Gasteiger partial charge in [-0.05, 0) is 53.8 Å². The van der Waals surface area contributed by atoms with Crippen molar-refractivity contribution in [2.45, 2.75) is 6.92 Å². The number of carbonyl (C=O) groups is 1. The van der Waals surface area contributed by atoms with E-state index in [4.69, 9.17) is 4.74 Å². The Balaban J connectivity index is 2.22. The molecule has 0 radical (unpaired) electrons. The zero-order valence-corrected chi connectivity index (χ0v) is 12.3. The Labute approximate surface area is 115 Å². The van der Waals surface area contributed by atoms with Crippen LogP contribution in [0.2, 0.25) is 0 Å². The molecule has 0 aliphatic heterocycles. The SMILES string of the molecule is CCOC(=O)c1ccc(-c2ccc(I)s2)s1. The van der Waals surface area contributed by atoms with E-state index >= 15 is 0 Å². The van der Waals surface area contributed by atoms with Gasteiger partial charge in [-0.2, -0.15) is 0 Å². The molecule has 2 heterocycles. The van der Waals surface area contributed by atoms with Gasteiger partial charge in [0.1, 0.15) is 4.88 Å². The quantitative estimate of drug-likeness (QED) is 0.601. The van der Waals surface area contributed by atoms with Crippen molar-refractivity contribution in [3.8, 4) is 9.75 Å². The minimum Gasteiger partial charge on any atom is -0.462 e. The van der Waals surface area contributed by atoms with Gasteiger partial charge in [0.2, 0.25) is 0 Å². The predicted molar refractivity (Wildman–Crippen MR) is 76.3 cm³/mol. The molecule has 0 unspecified atom stereocenters. The molecule has 0 saturated carbocycles. The highest BCUT2D eigenvalue weighted by atomic mass is 127. The van der Waals surface area contributed by atoms with E-state index in [0.717, 1.165) is 4.88 Å². The van der Waals surface area contributed by atoms with Gasteiger partial charge in [-0.1, -0.05) is 0 Å². The molecule has 16 heavy (non-hydrogen) atoms. The summed E-state index contributed by atoms with van der Waals surface area (Å²) in [5.41, 5.74) is 0. The molecule has 5 heteroatoms. The van der Waals surface area contributed by atoms with Crippen molar-refractivity contribution < 1.29 is 9.53 Å². The van der Waals surface area contributed by atoms with Crippen LogP contribution in [0.1, 0.15) is 16.6 Å². The van der Waals surface area contributed by atoms with Crippen LogP contribution in [-0.4, -0.2) is 12.6 Å². The van der Waals surface area contributed by atoms with E-state index in [1.807, 2.05) is 19.1 Å². The molecule has 0 aliphatic rings. The summed E-state index contributed by atoms with van der Waals surface area (Å²) in [6.45, 7) is 2.23. The Morgan fingerprint density at radius 2 is 1.94 bits per heavy atom. The van der Waals surface area contributed by atoms with E-state index in [0.29, 0.717) is 11.5 Å². The Morgan fingerprint density at radius 3 is 2.56 bits per heavy atom. The average molecular weight is 364 g/mol. The minimum atomic E-state index is -0.231. The second-order valence-electron chi connectivity index (χ2n) is 2.99. The number of ether oxygens (including phenoxy) is 1. The van der Waals surface area contributed by atoms with E-state index < -0.39 is 0 Å². The lowest BCUT2D eigenvalue weighted by Crippen LogP contribution is -2.01. The van der Waals surface area contributed by atoms with Crippen molar-refractivity contribution in [1.82, 2.24) is 0 Å². The lowest BCUT2D eigenvalue weighted by molar-refractivity contribution is 0.0532. The largest absolute Gasteiger partial charge is 0.462 e. The maximum Gasteiger partial charge on any atom is 0.348 e. The predicted octanol–water partition coefficient (Wildman–Crippen LogP) is 4.26. The summed E-state index contributed by atoms with van der Waals surface area (Å²) >= 11 is 5.50. The highest BCUT2D eigenvalue weighted by Gasteiger charge is 2.11. The molecule has 0 N–H and O–H groups in total. The average Bonchev–Trinajstić information content (AvgIpc) is 2.85. The van der Waals surface area contributed by atoms with Crippen LogP contribution in [-0.2, 0) is 4.74 Å². The molecule has 0 saturated heterocycles. The Hall–Kier alpha value is -0.400. The fraction of sp³-hybridized carbons (Fsp3) is 0.182. The zero-order valence-electron chi connectivity index (χ0n) is 8.53. The zero-order chi connectivity index (χ0) is 11.5. The number of thiophene rings is 2. The van der Waals surface area contributed by atoms with E-state index in [1.54, 1.807) is 11.3 Å². The maximum atomic E-state index is 11.5. The van der Waals surface area contributed by atoms with Crippen molar-refractivity contribution in [1.29, 1.82) is 0 Å². The van der Waals surface area contributed by atoms with Gasteiger partial charge in [-0.25, -0.2) is 4.79 Å². The molecule has 0 atom stereocenters. The normalized spacial score (nSPS) is 10.4. The van der Waals surface area contributed by atoms with Gasteiger partial charge in [0.25, 0.3) is 0 Å². The van der Waals surface area contributed by atoms with Gasteiger partial charge in [-0.3, -0.25) is 0 Å². The summed E-state index contributed by atoms with van der Waals surface area (Å²) in [6, 6.07) is 7.95. The van der Waals surface area contributed by atoms with E-state index in [1.165, 1.54) is 19.1 Å². The summed E-state index contributed by atoms with van der Waals surface area (Å²) in [4.78, 5) is 14.5. The monoisotopic (exact) mass is 364 g/mol. The van der Waals surface area contributed by atoms with Gasteiger partial charge < -0.3 is 4.74 Å². The van der Waals surface area contributed by atoms with Crippen molar-refractivity contribution in [2.24, 2.45) is 0 Å². The first-order chi connectivity index (χ1) is 7.70. The third-order valence-electron chi connectivity index (χ3n) is 1.90. The van der Waals surface area contributed by atoms with Crippen LogP contribution in [0.5, 0.6) is 0 Å². The topological polar surface area (TPSA) is 26.3 Å². The molecule has 2 rings (SSSR count). The minimum absolute atomic E-state index is 0.231. The maximum absolute atomic E-state index is 11.5. The Kier molecular flexibility index (Phi) is 3.99. The van der Waals surface area contributed by atoms with Crippen molar-refractivity contribution in [3.05, 3.63) is 32.0 Å². The van der Waals surface area contributed by atoms with Crippen LogP contribution in [0.15, 0.2) is 24.3 Å². The first-order valence-corrected chi connectivity index (χ1v) is 7.44. The molecule has 2 aromatic heterocycles. The third kappa shape index (κ3) is 2.64. The number of esters is 1. The fourth-order valence-electron chi connectivity index (χ4n) is 1.23. The number of carbonyl (C=O) groups excluding carboxylic acids is 1. The van der Waals surface area contributed by atoms with Crippen molar-refractivity contribution in [3.63, 3.8) is 0 Å². The van der Waals surface area contributed by atoms with Crippen LogP contribution in [0.4, 0.5) is 0 Å². The molecular weight excluding hydrogens is 355 g/mol. The van der Waals surface area contributed by atoms with Crippen molar-refractivity contribution in [2.75, 3.05) is 6.61 Å². The summed E-state index contributed by atoms with van der Waals surface area (Å²) in [6.07, 6.45) is 0. The van der Waals surface area contributed by atoms with Crippen LogP contribution < -0.4 is 0 Å². The van der Waals surface area contributed by atoms with Crippen LogP contribution >= 0.6 is 45.3 Å². The molecule has 0 amide bonds. The Morgan fingerprint density at radius 1 is 1.25 bits per heavy atom. The molecule has 2 aromatic rings. The number of halogens is 1. The third-order valence-corrected chi connectivity index (χ3v) is 5.05. The van der Waals surface area contributed by atoms with Crippen LogP contribution in [0, 0.1) is 2.88 Å². The van der Waals surface area contributed by atoms with Crippen molar-refractivity contribution >= 4 is 51.2 Å². The second-order valence-corrected chi connectivity index (χ2v) is 7.05. The van der Waals surface area contributed by atoms with Gasteiger partial charge >= 0.3 is 5.97 Å². The lowest BCUT2D eigenvalue weighted by atomic mass is 10.4. The summed E-state index contributed by atoms with van der Waals surface area (Å²) in [7, 11) is 0.